The van der Waals surface area contributed by atoms with Crippen LogP contribution in [-0.4, -0.2) is 48.7 Å². The molecule has 0 N–H and O–H groups in total. The fourth-order valence-corrected chi connectivity index (χ4v) is 4.52. The second-order valence-electron chi connectivity index (χ2n) is 6.10. The van der Waals surface area contributed by atoms with Crippen molar-refractivity contribution < 1.29 is 0 Å². The van der Waals surface area contributed by atoms with E-state index in [9.17, 15) is 0 Å². The third-order valence-electron chi connectivity index (χ3n) is 4.90. The molecule has 1 aromatic heterocycles. The minimum atomic E-state index is 0.323. The average molecular weight is 295 g/mol. The highest BCUT2D eigenvalue weighted by Crippen LogP contribution is 2.40. The SMILES string of the molecule is CCC1(CC)CN([C@H](C)c2nnnn2C2CC2)CCS1. The van der Waals surface area contributed by atoms with Gasteiger partial charge in [-0.15, -0.1) is 5.10 Å². The Morgan fingerprint density at radius 3 is 2.75 bits per heavy atom. The Morgan fingerprint density at radius 2 is 2.10 bits per heavy atom. The van der Waals surface area contributed by atoms with Gasteiger partial charge >= 0.3 is 0 Å². The predicted octanol–water partition coefficient (Wildman–Crippen LogP) is 2.68. The average Bonchev–Trinajstić information content (AvgIpc) is 3.23. The number of hydrogen-bond donors (Lipinski definition) is 0. The maximum Gasteiger partial charge on any atom is 0.168 e. The van der Waals surface area contributed by atoms with Gasteiger partial charge in [-0.1, -0.05) is 13.8 Å². The van der Waals surface area contributed by atoms with Crippen LogP contribution in [0.1, 0.15) is 64.4 Å². The van der Waals surface area contributed by atoms with Crippen LogP contribution in [0.15, 0.2) is 0 Å². The summed E-state index contributed by atoms with van der Waals surface area (Å²) in [6.07, 6.45) is 4.94. The van der Waals surface area contributed by atoms with Gasteiger partial charge in [0.25, 0.3) is 0 Å². The molecule has 0 radical (unpaired) electrons. The highest BCUT2D eigenvalue weighted by atomic mass is 32.2. The lowest BCUT2D eigenvalue weighted by molar-refractivity contribution is 0.176. The van der Waals surface area contributed by atoms with Crippen LogP contribution < -0.4 is 0 Å². The van der Waals surface area contributed by atoms with E-state index in [2.05, 4.69) is 57.6 Å². The quantitative estimate of drug-likeness (QED) is 0.836. The zero-order chi connectivity index (χ0) is 14.2. The molecule has 3 rings (SSSR count). The molecular weight excluding hydrogens is 270 g/mol. The first-order valence-corrected chi connectivity index (χ1v) is 8.83. The lowest BCUT2D eigenvalue weighted by Crippen LogP contribution is -2.47. The van der Waals surface area contributed by atoms with E-state index in [4.69, 9.17) is 0 Å². The third-order valence-corrected chi connectivity index (χ3v) is 6.60. The Hall–Kier alpha value is -0.620. The van der Waals surface area contributed by atoms with Crippen LogP contribution in [0.2, 0.25) is 0 Å². The number of rotatable bonds is 5. The van der Waals surface area contributed by atoms with Gasteiger partial charge in [-0.25, -0.2) is 4.68 Å². The fourth-order valence-electron chi connectivity index (χ4n) is 3.10. The summed E-state index contributed by atoms with van der Waals surface area (Å²) in [5, 5.41) is 12.4. The van der Waals surface area contributed by atoms with Crippen molar-refractivity contribution in [3.8, 4) is 0 Å². The molecule has 2 fully saturated rings. The molecule has 0 aromatic carbocycles. The molecule has 5 nitrogen and oxygen atoms in total. The van der Waals surface area contributed by atoms with Gasteiger partial charge in [-0.05, 0) is 43.0 Å². The van der Waals surface area contributed by atoms with Crippen molar-refractivity contribution in [2.75, 3.05) is 18.8 Å². The normalized spacial score (nSPS) is 24.8. The van der Waals surface area contributed by atoms with Gasteiger partial charge in [-0.3, -0.25) is 4.90 Å². The zero-order valence-electron chi connectivity index (χ0n) is 12.7. The largest absolute Gasteiger partial charge is 0.291 e. The van der Waals surface area contributed by atoms with Gasteiger partial charge in [0.1, 0.15) is 0 Å². The molecule has 0 spiro atoms. The summed E-state index contributed by atoms with van der Waals surface area (Å²) in [6.45, 7) is 9.20. The minimum absolute atomic E-state index is 0.323. The molecule has 0 amide bonds. The molecule has 6 heteroatoms. The van der Waals surface area contributed by atoms with E-state index in [1.54, 1.807) is 0 Å². The van der Waals surface area contributed by atoms with E-state index in [1.807, 2.05) is 0 Å². The lowest BCUT2D eigenvalue weighted by Gasteiger charge is -2.43. The molecule has 1 aromatic rings. The van der Waals surface area contributed by atoms with Crippen molar-refractivity contribution >= 4 is 11.8 Å². The van der Waals surface area contributed by atoms with E-state index in [0.29, 0.717) is 16.8 Å². The Labute approximate surface area is 125 Å². The Balaban J connectivity index is 1.76. The monoisotopic (exact) mass is 295 g/mol. The predicted molar refractivity (Wildman–Crippen MR) is 81.8 cm³/mol. The van der Waals surface area contributed by atoms with Gasteiger partial charge in [-0.2, -0.15) is 11.8 Å². The van der Waals surface area contributed by atoms with Gasteiger partial charge < -0.3 is 0 Å². The van der Waals surface area contributed by atoms with Crippen LogP contribution >= 0.6 is 11.8 Å². The molecule has 1 aliphatic heterocycles. The van der Waals surface area contributed by atoms with Crippen molar-refractivity contribution in [3.63, 3.8) is 0 Å². The number of aromatic nitrogens is 4. The third kappa shape index (κ3) is 2.60. The molecule has 2 heterocycles. The lowest BCUT2D eigenvalue weighted by atomic mass is 10.00. The molecule has 112 valence electrons. The zero-order valence-corrected chi connectivity index (χ0v) is 13.6. The summed E-state index contributed by atoms with van der Waals surface area (Å²) in [6, 6.07) is 0.882. The smallest absolute Gasteiger partial charge is 0.168 e. The van der Waals surface area contributed by atoms with Crippen LogP contribution in [0.4, 0.5) is 0 Å². The molecule has 2 aliphatic rings. The van der Waals surface area contributed by atoms with E-state index >= 15 is 0 Å². The maximum absolute atomic E-state index is 4.31. The van der Waals surface area contributed by atoms with Gasteiger partial charge in [0, 0.05) is 23.6 Å². The minimum Gasteiger partial charge on any atom is -0.291 e. The fraction of sp³-hybridized carbons (Fsp3) is 0.929. The van der Waals surface area contributed by atoms with Gasteiger partial charge in [0.05, 0.1) is 12.1 Å². The molecule has 0 unspecified atom stereocenters. The van der Waals surface area contributed by atoms with Crippen LogP contribution in [0.3, 0.4) is 0 Å². The van der Waals surface area contributed by atoms with Crippen LogP contribution in [0, 0.1) is 0 Å². The van der Waals surface area contributed by atoms with Crippen molar-refractivity contribution in [1.82, 2.24) is 25.1 Å². The molecule has 1 atom stereocenters. The number of hydrogen-bond acceptors (Lipinski definition) is 5. The molecule has 1 aliphatic carbocycles. The first kappa shape index (κ1) is 14.3. The van der Waals surface area contributed by atoms with Crippen molar-refractivity contribution in [2.45, 2.75) is 63.3 Å². The van der Waals surface area contributed by atoms with E-state index in [0.717, 1.165) is 18.9 Å². The van der Waals surface area contributed by atoms with E-state index in [1.165, 1.54) is 31.4 Å². The maximum atomic E-state index is 4.31. The van der Waals surface area contributed by atoms with E-state index in [-0.39, 0.29) is 0 Å². The second kappa shape index (κ2) is 5.64. The Kier molecular flexibility index (Phi) is 4.04. The molecule has 1 saturated carbocycles. The molecule has 20 heavy (non-hydrogen) atoms. The van der Waals surface area contributed by atoms with Crippen molar-refractivity contribution in [1.29, 1.82) is 0 Å². The summed E-state index contributed by atoms with van der Waals surface area (Å²) < 4.78 is 2.48. The highest BCUT2D eigenvalue weighted by Gasteiger charge is 2.37. The highest BCUT2D eigenvalue weighted by molar-refractivity contribution is 8.00. The standard InChI is InChI=1S/C14H25N5S/c1-4-14(5-2)10-18(8-9-20-14)11(3)13-15-16-17-19(13)12-6-7-12/h11-12H,4-10H2,1-3H3/t11-/m1/s1. The van der Waals surface area contributed by atoms with Crippen LogP contribution in [-0.2, 0) is 0 Å². The molecule has 0 bridgehead atoms. The molecule has 1 saturated heterocycles. The van der Waals surface area contributed by atoms with Crippen molar-refractivity contribution in [2.24, 2.45) is 0 Å². The summed E-state index contributed by atoms with van der Waals surface area (Å²) in [5.41, 5.74) is 0. The number of nitrogens with zero attached hydrogens (tertiary/aromatic N) is 5. The first-order valence-electron chi connectivity index (χ1n) is 7.85. The topological polar surface area (TPSA) is 46.8 Å². The molecular formula is C14H25N5S. The van der Waals surface area contributed by atoms with Gasteiger partial charge in [0.15, 0.2) is 5.82 Å². The number of tetrazole rings is 1. The summed E-state index contributed by atoms with van der Waals surface area (Å²) in [4.78, 5) is 2.58. The first-order chi connectivity index (χ1) is 9.69. The van der Waals surface area contributed by atoms with Crippen LogP contribution in [0.25, 0.3) is 0 Å². The second-order valence-corrected chi connectivity index (χ2v) is 7.66. The van der Waals surface area contributed by atoms with Gasteiger partial charge in [0.2, 0.25) is 0 Å². The van der Waals surface area contributed by atoms with Crippen molar-refractivity contribution in [3.05, 3.63) is 5.82 Å². The summed E-state index contributed by atoms with van der Waals surface area (Å²) in [5.74, 6) is 2.28. The Morgan fingerprint density at radius 1 is 1.35 bits per heavy atom. The summed E-state index contributed by atoms with van der Waals surface area (Å²) >= 11 is 2.15. The van der Waals surface area contributed by atoms with E-state index < -0.39 is 0 Å². The van der Waals surface area contributed by atoms with Crippen LogP contribution in [0.5, 0.6) is 0 Å². The number of thioether (sulfide) groups is 1. The summed E-state index contributed by atoms with van der Waals surface area (Å²) in [7, 11) is 0. The Bertz CT molecular complexity index is 452.